The van der Waals surface area contributed by atoms with E-state index in [1.54, 1.807) is 0 Å². The van der Waals surface area contributed by atoms with Crippen LogP contribution in [0.4, 0.5) is 0 Å². The van der Waals surface area contributed by atoms with Crippen molar-refractivity contribution in [3.8, 4) is 0 Å². The SMILES string of the molecule is C1CCCC(NC2CCCCCCC2)CCC1.I. The van der Waals surface area contributed by atoms with Gasteiger partial charge >= 0.3 is 0 Å². The maximum atomic E-state index is 3.99. The molecule has 0 amide bonds. The zero-order valence-electron chi connectivity index (χ0n) is 12.0. The second-order valence-electron chi connectivity index (χ2n) is 6.25. The maximum absolute atomic E-state index is 3.99. The third-order valence-corrected chi connectivity index (χ3v) is 4.68. The molecule has 0 atom stereocenters. The van der Waals surface area contributed by atoms with Crippen LogP contribution in [0.15, 0.2) is 0 Å². The van der Waals surface area contributed by atoms with E-state index in [4.69, 9.17) is 0 Å². The highest BCUT2D eigenvalue weighted by Gasteiger charge is 2.17. The predicted molar refractivity (Wildman–Crippen MR) is 90.8 cm³/mol. The molecule has 0 aromatic carbocycles. The molecule has 2 rings (SSSR count). The molecule has 0 radical (unpaired) electrons. The molecule has 0 aliphatic heterocycles. The lowest BCUT2D eigenvalue weighted by molar-refractivity contribution is 0.311. The van der Waals surface area contributed by atoms with Gasteiger partial charge in [0.1, 0.15) is 0 Å². The van der Waals surface area contributed by atoms with Crippen LogP contribution in [-0.2, 0) is 0 Å². The quantitative estimate of drug-likeness (QED) is 0.645. The summed E-state index contributed by atoms with van der Waals surface area (Å²) in [6.07, 6.45) is 20.5. The first-order valence-electron chi connectivity index (χ1n) is 8.21. The molecule has 18 heavy (non-hydrogen) atoms. The lowest BCUT2D eigenvalue weighted by atomic mass is 9.93. The Hall–Kier alpha value is 0.690. The fraction of sp³-hybridized carbons (Fsp3) is 1.00. The summed E-state index contributed by atoms with van der Waals surface area (Å²) in [5.74, 6) is 0. The van der Waals surface area contributed by atoms with Gasteiger partial charge in [0.25, 0.3) is 0 Å². The van der Waals surface area contributed by atoms with E-state index >= 15 is 0 Å². The Labute approximate surface area is 131 Å². The van der Waals surface area contributed by atoms with Crippen LogP contribution < -0.4 is 5.32 Å². The average molecular weight is 365 g/mol. The van der Waals surface area contributed by atoms with E-state index in [1.807, 2.05) is 0 Å². The molecule has 2 aliphatic carbocycles. The highest BCUT2D eigenvalue weighted by Crippen LogP contribution is 2.21. The van der Waals surface area contributed by atoms with Gasteiger partial charge < -0.3 is 5.32 Å². The Morgan fingerprint density at radius 1 is 0.444 bits per heavy atom. The second kappa shape index (κ2) is 10.5. The molecular formula is C16H32IN. The molecule has 0 heterocycles. The van der Waals surface area contributed by atoms with Crippen molar-refractivity contribution in [2.45, 2.75) is 102 Å². The molecule has 0 aromatic rings. The Kier molecular flexibility index (Phi) is 9.74. The van der Waals surface area contributed by atoms with E-state index in [2.05, 4.69) is 5.32 Å². The van der Waals surface area contributed by atoms with Crippen molar-refractivity contribution < 1.29 is 0 Å². The average Bonchev–Trinajstić information content (AvgIpc) is 2.24. The molecule has 2 aliphatic rings. The van der Waals surface area contributed by atoms with Gasteiger partial charge in [0.2, 0.25) is 0 Å². The summed E-state index contributed by atoms with van der Waals surface area (Å²) >= 11 is 0. The molecule has 2 fully saturated rings. The van der Waals surface area contributed by atoms with Crippen LogP contribution in [0.3, 0.4) is 0 Å². The smallest absolute Gasteiger partial charge is 0.00696 e. The van der Waals surface area contributed by atoms with E-state index in [-0.39, 0.29) is 24.0 Å². The predicted octanol–water partition coefficient (Wildman–Crippen LogP) is 5.42. The molecule has 0 spiro atoms. The highest BCUT2D eigenvalue weighted by atomic mass is 127. The number of halogens is 1. The molecule has 0 bridgehead atoms. The number of hydrogen-bond donors (Lipinski definition) is 1. The van der Waals surface area contributed by atoms with Gasteiger partial charge in [0.15, 0.2) is 0 Å². The van der Waals surface area contributed by atoms with Gasteiger partial charge in [-0.1, -0.05) is 64.2 Å². The largest absolute Gasteiger partial charge is 0.311 e. The van der Waals surface area contributed by atoms with Crippen LogP contribution in [0.2, 0.25) is 0 Å². The van der Waals surface area contributed by atoms with Crippen LogP contribution in [0, 0.1) is 0 Å². The number of hydrogen-bond acceptors (Lipinski definition) is 1. The molecule has 2 saturated carbocycles. The fourth-order valence-corrected chi connectivity index (χ4v) is 3.58. The molecule has 0 unspecified atom stereocenters. The first kappa shape index (κ1) is 16.7. The second-order valence-corrected chi connectivity index (χ2v) is 6.25. The fourth-order valence-electron chi connectivity index (χ4n) is 3.58. The molecule has 0 aromatic heterocycles. The molecular weight excluding hydrogens is 333 g/mol. The van der Waals surface area contributed by atoms with Crippen molar-refractivity contribution in [3.63, 3.8) is 0 Å². The minimum atomic E-state index is 0. The van der Waals surface area contributed by atoms with Crippen molar-refractivity contribution in [2.24, 2.45) is 0 Å². The Bertz CT molecular complexity index is 160. The summed E-state index contributed by atoms with van der Waals surface area (Å²) in [7, 11) is 0. The van der Waals surface area contributed by atoms with Gasteiger partial charge in [0.05, 0.1) is 0 Å². The van der Waals surface area contributed by atoms with Crippen molar-refractivity contribution in [3.05, 3.63) is 0 Å². The Morgan fingerprint density at radius 2 is 0.722 bits per heavy atom. The van der Waals surface area contributed by atoms with E-state index < -0.39 is 0 Å². The van der Waals surface area contributed by atoms with Crippen molar-refractivity contribution >= 4 is 24.0 Å². The molecule has 2 heteroatoms. The summed E-state index contributed by atoms with van der Waals surface area (Å²) in [5.41, 5.74) is 0. The monoisotopic (exact) mass is 365 g/mol. The number of nitrogens with one attached hydrogen (secondary N) is 1. The topological polar surface area (TPSA) is 12.0 Å². The summed E-state index contributed by atoms with van der Waals surface area (Å²) in [5, 5.41) is 3.99. The third-order valence-electron chi connectivity index (χ3n) is 4.68. The van der Waals surface area contributed by atoms with Gasteiger partial charge in [-0.3, -0.25) is 0 Å². The van der Waals surface area contributed by atoms with Gasteiger partial charge in [-0.05, 0) is 25.7 Å². The third kappa shape index (κ3) is 6.74. The van der Waals surface area contributed by atoms with Crippen molar-refractivity contribution in [1.82, 2.24) is 5.32 Å². The van der Waals surface area contributed by atoms with Crippen molar-refractivity contribution in [1.29, 1.82) is 0 Å². The summed E-state index contributed by atoms with van der Waals surface area (Å²) in [6.45, 7) is 0. The minimum absolute atomic E-state index is 0. The lowest BCUT2D eigenvalue weighted by Gasteiger charge is -2.28. The standard InChI is InChI=1S/C16H31N.HI/c1-3-7-11-15(12-8-4-1)17-16-13-9-5-2-6-10-14-16;/h15-17H,1-14H2;1H. The summed E-state index contributed by atoms with van der Waals surface area (Å²) < 4.78 is 0. The van der Waals surface area contributed by atoms with Crippen molar-refractivity contribution in [2.75, 3.05) is 0 Å². The van der Waals surface area contributed by atoms with Gasteiger partial charge in [0, 0.05) is 12.1 Å². The van der Waals surface area contributed by atoms with E-state index in [1.165, 1.54) is 89.9 Å². The van der Waals surface area contributed by atoms with Crippen LogP contribution in [-0.4, -0.2) is 12.1 Å². The van der Waals surface area contributed by atoms with E-state index in [9.17, 15) is 0 Å². The Morgan fingerprint density at radius 3 is 1.06 bits per heavy atom. The minimum Gasteiger partial charge on any atom is -0.311 e. The number of rotatable bonds is 2. The molecule has 0 saturated heterocycles. The molecule has 1 N–H and O–H groups in total. The van der Waals surface area contributed by atoms with E-state index in [0.29, 0.717) is 0 Å². The summed E-state index contributed by atoms with van der Waals surface area (Å²) in [4.78, 5) is 0. The first-order valence-corrected chi connectivity index (χ1v) is 8.21. The maximum Gasteiger partial charge on any atom is 0.00696 e. The highest BCUT2D eigenvalue weighted by molar-refractivity contribution is 14.0. The lowest BCUT2D eigenvalue weighted by Crippen LogP contribution is -2.39. The summed E-state index contributed by atoms with van der Waals surface area (Å²) in [6, 6.07) is 1.69. The molecule has 108 valence electrons. The van der Waals surface area contributed by atoms with E-state index in [0.717, 1.165) is 12.1 Å². The van der Waals surface area contributed by atoms with Gasteiger partial charge in [-0.25, -0.2) is 0 Å². The first-order chi connectivity index (χ1) is 8.45. The van der Waals surface area contributed by atoms with Crippen LogP contribution >= 0.6 is 24.0 Å². The zero-order chi connectivity index (χ0) is 11.8. The van der Waals surface area contributed by atoms with Crippen LogP contribution in [0.25, 0.3) is 0 Å². The van der Waals surface area contributed by atoms with Crippen LogP contribution in [0.5, 0.6) is 0 Å². The molecule has 1 nitrogen and oxygen atoms in total. The van der Waals surface area contributed by atoms with Crippen LogP contribution in [0.1, 0.15) is 89.9 Å². The Balaban J connectivity index is 0.00000162. The van der Waals surface area contributed by atoms with Gasteiger partial charge in [-0.2, -0.15) is 0 Å². The zero-order valence-corrected chi connectivity index (χ0v) is 14.3. The normalized spacial score (nSPS) is 25.3. The van der Waals surface area contributed by atoms with Gasteiger partial charge in [-0.15, -0.1) is 24.0 Å².